The van der Waals surface area contributed by atoms with E-state index in [0.717, 1.165) is 0 Å². The van der Waals surface area contributed by atoms with Gasteiger partial charge in [-0.05, 0) is 13.8 Å². The van der Waals surface area contributed by atoms with Crippen LogP contribution in [0.15, 0.2) is 0 Å². The van der Waals surface area contributed by atoms with Crippen LogP contribution in [0.5, 0.6) is 0 Å². The normalized spacial score (nSPS) is 2.29. The summed E-state index contributed by atoms with van der Waals surface area (Å²) in [4.78, 5) is 0. The van der Waals surface area contributed by atoms with Crippen LogP contribution in [0.3, 0.4) is 0 Å². The van der Waals surface area contributed by atoms with E-state index in [1.807, 2.05) is 11.8 Å². The third kappa shape index (κ3) is 1220. The molecule has 7 heavy (non-hydrogen) atoms. The van der Waals surface area contributed by atoms with E-state index in [2.05, 4.69) is 0 Å². The molecule has 0 nitrogen and oxygen atoms in total. The van der Waals surface area contributed by atoms with Gasteiger partial charge in [-0.25, -0.2) is 0 Å². The first-order valence-corrected chi connectivity index (χ1v) is 1.50. The van der Waals surface area contributed by atoms with Crippen LogP contribution in [0.25, 0.3) is 0 Å². The molecule has 0 saturated carbocycles. The van der Waals surface area contributed by atoms with Crippen LogP contribution < -0.4 is 0 Å². The second-order valence-electron chi connectivity index (χ2n) is 0.500. The van der Waals surface area contributed by atoms with Gasteiger partial charge in [-0.1, -0.05) is 0 Å². The molecule has 0 atom stereocenters. The summed E-state index contributed by atoms with van der Waals surface area (Å²) in [5.74, 6) is 4.00. The van der Waals surface area contributed by atoms with Crippen LogP contribution in [0.4, 0.5) is 0 Å². The quantitative estimate of drug-likeness (QED) is 0.272. The van der Waals surface area contributed by atoms with E-state index < -0.39 is 0 Å². The molecule has 0 aromatic carbocycles. The fraction of sp³-hybridized carbons (Fsp3) is 0.333. The van der Waals surface area contributed by atoms with Crippen molar-refractivity contribution >= 4 is 0 Å². The van der Waals surface area contributed by atoms with Gasteiger partial charge in [0.1, 0.15) is 0 Å². The Bertz CT molecular complexity index is 59.2. The molecule has 0 heterocycles. The van der Waals surface area contributed by atoms with Gasteiger partial charge in [-0.2, -0.15) is 0 Å². The van der Waals surface area contributed by atoms with Crippen LogP contribution in [0, 0.1) is 24.7 Å². The summed E-state index contributed by atoms with van der Waals surface area (Å²) in [7, 11) is 0. The van der Waals surface area contributed by atoms with E-state index in [1.165, 1.54) is 0 Å². The maximum atomic E-state index is 5.96. The predicted octanol–water partition coefficient (Wildman–Crippen LogP) is 1.19. The minimum absolute atomic E-state index is 0. The van der Waals surface area contributed by atoms with Gasteiger partial charge < -0.3 is 24.7 Å². The summed E-state index contributed by atoms with van der Waals surface area (Å²) in [6.45, 7) is 3.08. The minimum Gasteiger partial charge on any atom is -0.694 e. The van der Waals surface area contributed by atoms with Gasteiger partial charge in [-0.3, -0.25) is 0 Å². The molecule has 0 aliphatic heterocycles. The number of rotatable bonds is 0. The van der Waals surface area contributed by atoms with Gasteiger partial charge in [0.05, 0.1) is 0 Å². The van der Waals surface area contributed by atoms with Crippen molar-refractivity contribution in [1.82, 2.24) is 0 Å². The fourth-order valence-corrected chi connectivity index (χ4v) is 0. The SMILES string of the molecule is [C-]#CC.[C-]#CC.[Zn+2]. The number of hydrogen-bond acceptors (Lipinski definition) is 0. The molecule has 0 radical (unpaired) electrons. The van der Waals surface area contributed by atoms with Gasteiger partial charge in [0.15, 0.2) is 0 Å². The zero-order valence-electron chi connectivity index (χ0n) is 4.71. The Hall–Kier alpha value is -0.257. The zero-order valence-corrected chi connectivity index (χ0v) is 7.67. The smallest absolute Gasteiger partial charge is 0.694 e. The average molecular weight is 144 g/mol. The van der Waals surface area contributed by atoms with Gasteiger partial charge in [0, 0.05) is 0 Å². The minimum atomic E-state index is 0. The Labute approximate surface area is 58.5 Å². The Morgan fingerprint density at radius 2 is 1.00 bits per heavy atom. The molecule has 0 amide bonds. The summed E-state index contributed by atoms with van der Waals surface area (Å²) in [5, 5.41) is 0. The Kier molecular flexibility index (Phi) is 96.4. The summed E-state index contributed by atoms with van der Waals surface area (Å²) in [6.07, 6.45) is 11.9. The van der Waals surface area contributed by atoms with E-state index in [-0.39, 0.29) is 19.5 Å². The molecule has 0 aliphatic rings. The maximum Gasteiger partial charge on any atom is 2.00 e. The molecule has 0 aromatic rings. The molecule has 0 unspecified atom stereocenters. The average Bonchev–Trinajstić information content (AvgIpc) is 1.39. The van der Waals surface area contributed by atoms with E-state index in [0.29, 0.717) is 0 Å². The van der Waals surface area contributed by atoms with Crippen LogP contribution in [-0.2, 0) is 19.5 Å². The zero-order chi connectivity index (χ0) is 5.41. The Morgan fingerprint density at radius 1 is 1.00 bits per heavy atom. The van der Waals surface area contributed by atoms with Crippen LogP contribution in [-0.4, -0.2) is 0 Å². The van der Waals surface area contributed by atoms with Gasteiger partial charge in [0.25, 0.3) is 0 Å². The molecule has 1 heteroatoms. The first-order chi connectivity index (χ1) is 2.83. The largest absolute Gasteiger partial charge is 2.00 e. The van der Waals surface area contributed by atoms with Gasteiger partial charge >= 0.3 is 19.5 Å². The van der Waals surface area contributed by atoms with Crippen LogP contribution in [0.1, 0.15) is 13.8 Å². The molecule has 0 fully saturated rings. The molecule has 0 saturated heterocycles. The number of hydrogen-bond donors (Lipinski definition) is 0. The first kappa shape index (κ1) is 15.9. The molecular weight excluding hydrogens is 137 g/mol. The van der Waals surface area contributed by atoms with Crippen molar-refractivity contribution in [2.75, 3.05) is 0 Å². The molecule has 0 spiro atoms. The van der Waals surface area contributed by atoms with E-state index >= 15 is 0 Å². The molecular formula is C6H6Zn. The standard InChI is InChI=1S/2C3H3.Zn/c2*1-3-2;/h2*1H3;/q2*-1;+2. The van der Waals surface area contributed by atoms with Crippen LogP contribution in [0.2, 0.25) is 0 Å². The third-order valence-electron chi connectivity index (χ3n) is 0. The van der Waals surface area contributed by atoms with E-state index in [9.17, 15) is 0 Å². The van der Waals surface area contributed by atoms with Crippen molar-refractivity contribution in [3.05, 3.63) is 12.8 Å². The molecule has 0 N–H and O–H groups in total. The fourth-order valence-electron chi connectivity index (χ4n) is 0. The second kappa shape index (κ2) is 42.5. The Balaban J connectivity index is -0.0000000400. The van der Waals surface area contributed by atoms with Crippen molar-refractivity contribution in [3.63, 3.8) is 0 Å². The van der Waals surface area contributed by atoms with Crippen LogP contribution >= 0.6 is 0 Å². The predicted molar refractivity (Wildman–Crippen MR) is 25.6 cm³/mol. The van der Waals surface area contributed by atoms with Gasteiger partial charge in [-0.15, -0.1) is 0 Å². The maximum absolute atomic E-state index is 5.96. The monoisotopic (exact) mass is 142 g/mol. The Morgan fingerprint density at radius 3 is 1.00 bits per heavy atom. The summed E-state index contributed by atoms with van der Waals surface area (Å²) in [6, 6.07) is 0. The molecule has 0 bridgehead atoms. The first-order valence-electron chi connectivity index (χ1n) is 1.50. The van der Waals surface area contributed by atoms with Gasteiger partial charge in [0.2, 0.25) is 0 Å². The molecule has 32 valence electrons. The van der Waals surface area contributed by atoms with E-state index in [1.54, 1.807) is 13.8 Å². The second-order valence-corrected chi connectivity index (χ2v) is 0.500. The topological polar surface area (TPSA) is 0 Å². The van der Waals surface area contributed by atoms with Crippen molar-refractivity contribution in [3.8, 4) is 11.8 Å². The van der Waals surface area contributed by atoms with Crippen molar-refractivity contribution in [2.45, 2.75) is 13.8 Å². The molecule has 0 aliphatic carbocycles. The summed E-state index contributed by atoms with van der Waals surface area (Å²) in [5.41, 5.74) is 0. The van der Waals surface area contributed by atoms with Crippen molar-refractivity contribution in [2.24, 2.45) is 0 Å². The van der Waals surface area contributed by atoms with E-state index in [4.69, 9.17) is 12.8 Å². The third-order valence-corrected chi connectivity index (χ3v) is 0. The molecule has 0 aromatic heterocycles. The molecule has 0 rings (SSSR count). The summed E-state index contributed by atoms with van der Waals surface area (Å²) < 4.78 is 0. The van der Waals surface area contributed by atoms with Crippen molar-refractivity contribution in [1.29, 1.82) is 0 Å². The van der Waals surface area contributed by atoms with Crippen molar-refractivity contribution < 1.29 is 19.5 Å². The summed E-state index contributed by atoms with van der Waals surface area (Å²) >= 11 is 0.